The highest BCUT2D eigenvalue weighted by atomic mass is 32.2. The average molecular weight is 1010 g/mol. The van der Waals surface area contributed by atoms with Crippen LogP contribution in [-0.4, -0.2) is 131 Å². The van der Waals surface area contributed by atoms with Gasteiger partial charge in [-0.2, -0.15) is 8.42 Å². The lowest BCUT2D eigenvalue weighted by atomic mass is 9.86. The standard InChI is InChI=1S/C53H74N4O13S/c1-35(2)25-44(55-51(62)40(20-19-38-15-11-9-12-16-38)29-42(58)32-57-21-23-68-24-22-57)46(59)30-41(28-39-17-13-10-14-18-39)52(63)56-45(26-36(3)4)50(61)53(6,64)34-70-71(65,66)49-37(5)27-43(31-47(49)67-8)69-33-48(60)54-7/h9-18,27,31,35-36,40-41,44-45,64H,19-26,28-30,32-34H2,1-8H3,(H,54,60)(H,55,62)(H,56,63)/t40-,41-,44+,45+,53?/m1/s1. The summed E-state index contributed by atoms with van der Waals surface area (Å²) in [6, 6.07) is 19.0. The van der Waals surface area contributed by atoms with Crippen LogP contribution in [0.1, 0.15) is 83.4 Å². The Morgan fingerprint density at radius 3 is 1.99 bits per heavy atom. The van der Waals surface area contributed by atoms with E-state index < -0.39 is 75.5 Å². The van der Waals surface area contributed by atoms with Gasteiger partial charge < -0.3 is 35.3 Å². The summed E-state index contributed by atoms with van der Waals surface area (Å²) in [4.78, 5) is 84.4. The van der Waals surface area contributed by atoms with Gasteiger partial charge in [0.1, 0.15) is 34.4 Å². The maximum atomic E-state index is 14.5. The highest BCUT2D eigenvalue weighted by Gasteiger charge is 2.41. The van der Waals surface area contributed by atoms with Gasteiger partial charge in [-0.05, 0) is 80.5 Å². The lowest BCUT2D eigenvalue weighted by Gasteiger charge is -2.30. The third-order valence-corrected chi connectivity index (χ3v) is 13.7. The minimum atomic E-state index is -4.70. The van der Waals surface area contributed by atoms with Crippen LogP contribution in [0.2, 0.25) is 0 Å². The van der Waals surface area contributed by atoms with E-state index in [4.69, 9.17) is 18.4 Å². The van der Waals surface area contributed by atoms with Crippen molar-refractivity contribution in [3.63, 3.8) is 0 Å². The number of nitrogens with zero attached hydrogens (tertiary/aromatic N) is 1. The molecule has 0 saturated carbocycles. The van der Waals surface area contributed by atoms with Crippen LogP contribution in [0.4, 0.5) is 0 Å². The van der Waals surface area contributed by atoms with E-state index in [1.807, 2.05) is 81.1 Å². The number of aryl methyl sites for hydroxylation is 2. The van der Waals surface area contributed by atoms with Crippen molar-refractivity contribution in [1.82, 2.24) is 20.9 Å². The van der Waals surface area contributed by atoms with E-state index in [0.717, 1.165) is 18.1 Å². The molecule has 390 valence electrons. The van der Waals surface area contributed by atoms with Gasteiger partial charge in [-0.3, -0.25) is 37.9 Å². The maximum Gasteiger partial charge on any atom is 0.301 e. The summed E-state index contributed by atoms with van der Waals surface area (Å²) in [6.07, 6.45) is 0.978. The second kappa shape index (κ2) is 27.9. The number of ether oxygens (including phenoxy) is 3. The van der Waals surface area contributed by atoms with E-state index >= 15 is 0 Å². The molecule has 1 saturated heterocycles. The van der Waals surface area contributed by atoms with E-state index in [-0.39, 0.29) is 84.8 Å². The lowest BCUT2D eigenvalue weighted by Crippen LogP contribution is -2.54. The van der Waals surface area contributed by atoms with Crippen LogP contribution >= 0.6 is 0 Å². The number of aliphatic hydroxyl groups is 1. The molecule has 5 atom stereocenters. The number of methoxy groups -OCH3 is 1. The van der Waals surface area contributed by atoms with Crippen LogP contribution < -0.4 is 25.4 Å². The second-order valence-corrected chi connectivity index (χ2v) is 20.9. The molecule has 1 aliphatic heterocycles. The number of ketones is 3. The molecule has 71 heavy (non-hydrogen) atoms. The molecule has 1 aliphatic rings. The van der Waals surface area contributed by atoms with Gasteiger partial charge in [0.2, 0.25) is 11.8 Å². The Kier molecular flexibility index (Phi) is 22.8. The number of morpholine rings is 1. The maximum absolute atomic E-state index is 14.5. The van der Waals surface area contributed by atoms with Gasteiger partial charge in [-0.25, -0.2) is 0 Å². The summed E-state index contributed by atoms with van der Waals surface area (Å²) >= 11 is 0. The topological polar surface area (TPSA) is 233 Å². The van der Waals surface area contributed by atoms with Crippen molar-refractivity contribution in [2.75, 3.05) is 60.2 Å². The quantitative estimate of drug-likeness (QED) is 0.0671. The Morgan fingerprint density at radius 1 is 0.817 bits per heavy atom. The van der Waals surface area contributed by atoms with Crippen LogP contribution in [0.15, 0.2) is 77.7 Å². The Balaban J connectivity index is 1.55. The van der Waals surface area contributed by atoms with E-state index in [1.54, 1.807) is 12.1 Å². The molecule has 3 aromatic carbocycles. The van der Waals surface area contributed by atoms with Crippen LogP contribution in [0.25, 0.3) is 0 Å². The molecule has 1 heterocycles. The van der Waals surface area contributed by atoms with Gasteiger partial charge in [-0.1, -0.05) is 88.4 Å². The molecule has 0 bridgehead atoms. The summed E-state index contributed by atoms with van der Waals surface area (Å²) in [5, 5.41) is 19.8. The third kappa shape index (κ3) is 18.9. The minimum absolute atomic E-state index is 0.0124. The number of Topliss-reactive ketones (excluding diaryl/α,β-unsaturated/α-hetero) is 3. The molecule has 1 fully saturated rings. The number of nitrogens with one attached hydrogen (secondary N) is 3. The first-order valence-electron chi connectivity index (χ1n) is 24.3. The highest BCUT2D eigenvalue weighted by molar-refractivity contribution is 7.87. The van der Waals surface area contributed by atoms with Gasteiger partial charge in [0.15, 0.2) is 18.2 Å². The number of carbonyl (C=O) groups excluding carboxylic acids is 6. The van der Waals surface area contributed by atoms with Crippen molar-refractivity contribution in [3.8, 4) is 11.5 Å². The fourth-order valence-electron chi connectivity index (χ4n) is 8.41. The second-order valence-electron chi connectivity index (χ2n) is 19.4. The van der Waals surface area contributed by atoms with Crippen molar-refractivity contribution < 1.29 is 60.7 Å². The molecule has 0 aromatic heterocycles. The molecule has 1 unspecified atom stereocenters. The van der Waals surface area contributed by atoms with E-state index in [9.17, 15) is 42.3 Å². The van der Waals surface area contributed by atoms with Crippen molar-refractivity contribution in [3.05, 3.63) is 89.5 Å². The number of benzene rings is 3. The Bertz CT molecular complexity index is 2350. The Morgan fingerprint density at radius 2 is 1.39 bits per heavy atom. The van der Waals surface area contributed by atoms with Gasteiger partial charge in [-0.15, -0.1) is 0 Å². The summed E-state index contributed by atoms with van der Waals surface area (Å²) in [5.74, 6) is -4.94. The number of hydrogen-bond acceptors (Lipinski definition) is 14. The molecular formula is C53H74N4O13S. The van der Waals surface area contributed by atoms with Crippen molar-refractivity contribution in [2.24, 2.45) is 23.7 Å². The van der Waals surface area contributed by atoms with Crippen LogP contribution in [0, 0.1) is 30.6 Å². The number of amides is 3. The van der Waals surface area contributed by atoms with E-state index in [2.05, 4.69) is 16.0 Å². The van der Waals surface area contributed by atoms with Crippen LogP contribution in [0.5, 0.6) is 11.5 Å². The van der Waals surface area contributed by atoms with E-state index in [0.29, 0.717) is 39.1 Å². The molecule has 3 aromatic rings. The smallest absolute Gasteiger partial charge is 0.301 e. The van der Waals surface area contributed by atoms with Gasteiger partial charge >= 0.3 is 10.1 Å². The van der Waals surface area contributed by atoms with Gasteiger partial charge in [0.25, 0.3) is 5.91 Å². The molecular weight excluding hydrogens is 933 g/mol. The predicted octanol–water partition coefficient (Wildman–Crippen LogP) is 4.57. The molecule has 4 rings (SSSR count). The number of hydrogen-bond donors (Lipinski definition) is 4. The van der Waals surface area contributed by atoms with Crippen molar-refractivity contribution in [2.45, 2.75) is 109 Å². The van der Waals surface area contributed by atoms with E-state index in [1.165, 1.54) is 33.2 Å². The number of carbonyl (C=O) groups is 6. The summed E-state index contributed by atoms with van der Waals surface area (Å²) in [5.41, 5.74) is -0.568. The number of rotatable bonds is 30. The van der Waals surface area contributed by atoms with Crippen LogP contribution in [-0.2, 0) is 60.6 Å². The molecule has 17 nitrogen and oxygen atoms in total. The summed E-state index contributed by atoms with van der Waals surface area (Å²) in [7, 11) is -2.02. The zero-order valence-corrected chi connectivity index (χ0v) is 43.3. The molecule has 4 N–H and O–H groups in total. The average Bonchev–Trinajstić information content (AvgIpc) is 3.33. The van der Waals surface area contributed by atoms with Crippen molar-refractivity contribution >= 4 is 45.2 Å². The minimum Gasteiger partial charge on any atom is -0.495 e. The van der Waals surface area contributed by atoms with Gasteiger partial charge in [0.05, 0.1) is 39.0 Å². The molecule has 0 radical (unpaired) electrons. The summed E-state index contributed by atoms with van der Waals surface area (Å²) in [6.45, 7) is 11.1. The fraction of sp³-hybridized carbons (Fsp3) is 0.547. The largest absolute Gasteiger partial charge is 0.495 e. The first-order chi connectivity index (χ1) is 33.6. The molecule has 18 heteroatoms. The SMILES string of the molecule is CNC(=O)COc1cc(C)c(S(=O)(=O)OCC(C)(O)C(=O)[C@H](CC(C)C)NC(=O)[C@@H](CC(=O)[C@H](CC(C)C)NC(=O)[C@H](CCc2ccccc2)CC(=O)CN2CCOCC2)Cc2ccccc2)c(OC)c1. The number of likely N-dealkylation sites (N-methyl/N-ethyl adjacent to an activating group) is 1. The van der Waals surface area contributed by atoms with Crippen molar-refractivity contribution in [1.29, 1.82) is 0 Å². The lowest BCUT2D eigenvalue weighted by molar-refractivity contribution is -0.143. The zero-order valence-electron chi connectivity index (χ0n) is 42.5. The normalized spacial score (nSPS) is 15.7. The highest BCUT2D eigenvalue weighted by Crippen LogP contribution is 2.34. The Hall–Kier alpha value is -5.53. The summed E-state index contributed by atoms with van der Waals surface area (Å²) < 4.78 is 48.9. The zero-order chi connectivity index (χ0) is 52.3. The molecule has 0 spiro atoms. The first kappa shape index (κ1) is 58.0. The Labute approximate surface area is 419 Å². The predicted molar refractivity (Wildman–Crippen MR) is 267 cm³/mol. The van der Waals surface area contributed by atoms with Gasteiger partial charge in [0, 0.05) is 50.9 Å². The van der Waals surface area contributed by atoms with Crippen LogP contribution in [0.3, 0.4) is 0 Å². The molecule has 0 aliphatic carbocycles. The first-order valence-corrected chi connectivity index (χ1v) is 25.7. The fourth-order valence-corrected chi connectivity index (χ4v) is 9.75. The monoisotopic (exact) mass is 1010 g/mol. The molecule has 3 amide bonds. The third-order valence-electron chi connectivity index (χ3n) is 12.2.